The molecule has 1 saturated heterocycles. The Hall–Kier alpha value is -0.460. The topological polar surface area (TPSA) is 9.23 Å². The van der Waals surface area contributed by atoms with Crippen LogP contribution in [0.5, 0.6) is 0 Å². The molecule has 0 N–H and O–H groups in total. The first kappa shape index (κ1) is 8.15. The first-order valence-electron chi connectivity index (χ1n) is 5.12. The molecule has 2 aliphatic rings. The monoisotopic (exact) mass is 166 g/mol. The Kier molecular flexibility index (Phi) is 2.12. The lowest BCUT2D eigenvalue weighted by Crippen LogP contribution is -2.37. The Bertz CT molecular complexity index is 185. The van der Waals surface area contributed by atoms with Gasteiger partial charge in [0.05, 0.1) is 5.76 Å². The van der Waals surface area contributed by atoms with E-state index in [2.05, 4.69) is 13.5 Å². The Morgan fingerprint density at radius 2 is 2.17 bits per heavy atom. The molecule has 1 nitrogen and oxygen atoms in total. The quantitative estimate of drug-likeness (QED) is 0.537. The van der Waals surface area contributed by atoms with Gasteiger partial charge in [-0.25, -0.2) is 0 Å². The van der Waals surface area contributed by atoms with Crippen LogP contribution in [-0.2, 0) is 4.74 Å². The van der Waals surface area contributed by atoms with Gasteiger partial charge in [-0.3, -0.25) is 0 Å². The SMILES string of the molecule is C=C1CCC2CCCC(C)C2O1. The van der Waals surface area contributed by atoms with Gasteiger partial charge in [-0.05, 0) is 31.1 Å². The number of rotatable bonds is 0. The van der Waals surface area contributed by atoms with Crippen molar-refractivity contribution in [1.82, 2.24) is 0 Å². The standard InChI is InChI=1S/C11H18O/c1-8-4-3-5-10-7-6-9(2)12-11(8)10/h8,10-11H,2-7H2,1H3. The Morgan fingerprint density at radius 1 is 1.33 bits per heavy atom. The molecule has 2 fully saturated rings. The maximum atomic E-state index is 5.81. The third-order valence-corrected chi connectivity index (χ3v) is 3.36. The molecule has 0 aromatic rings. The van der Waals surface area contributed by atoms with Crippen LogP contribution >= 0.6 is 0 Å². The number of hydrogen-bond acceptors (Lipinski definition) is 1. The van der Waals surface area contributed by atoms with Gasteiger partial charge >= 0.3 is 0 Å². The number of ether oxygens (including phenoxy) is 1. The predicted octanol–water partition coefficient (Wildman–Crippen LogP) is 3.12. The lowest BCUT2D eigenvalue weighted by atomic mass is 9.76. The van der Waals surface area contributed by atoms with E-state index in [4.69, 9.17) is 4.74 Å². The van der Waals surface area contributed by atoms with E-state index in [1.54, 1.807) is 0 Å². The highest BCUT2D eigenvalue weighted by molar-refractivity contribution is 4.95. The van der Waals surface area contributed by atoms with Crippen molar-refractivity contribution in [1.29, 1.82) is 0 Å². The summed E-state index contributed by atoms with van der Waals surface area (Å²) in [4.78, 5) is 0. The van der Waals surface area contributed by atoms with Crippen LogP contribution in [0, 0.1) is 11.8 Å². The van der Waals surface area contributed by atoms with Crippen molar-refractivity contribution < 1.29 is 4.74 Å². The van der Waals surface area contributed by atoms with Crippen molar-refractivity contribution in [2.75, 3.05) is 0 Å². The molecule has 0 aromatic carbocycles. The fraction of sp³-hybridized carbons (Fsp3) is 0.818. The van der Waals surface area contributed by atoms with Crippen LogP contribution in [0.1, 0.15) is 39.0 Å². The third kappa shape index (κ3) is 1.37. The summed E-state index contributed by atoms with van der Waals surface area (Å²) in [5.41, 5.74) is 0. The highest BCUT2D eigenvalue weighted by Crippen LogP contribution is 2.39. The molecule has 2 rings (SSSR count). The van der Waals surface area contributed by atoms with Crippen LogP contribution in [0.3, 0.4) is 0 Å². The average Bonchev–Trinajstić information content (AvgIpc) is 2.07. The zero-order valence-electron chi connectivity index (χ0n) is 7.88. The highest BCUT2D eigenvalue weighted by Gasteiger charge is 2.35. The second-order valence-electron chi connectivity index (χ2n) is 4.33. The van der Waals surface area contributed by atoms with Crippen LogP contribution in [0.4, 0.5) is 0 Å². The van der Waals surface area contributed by atoms with Gasteiger partial charge in [-0.15, -0.1) is 0 Å². The van der Waals surface area contributed by atoms with E-state index in [0.29, 0.717) is 6.10 Å². The van der Waals surface area contributed by atoms with Crippen molar-refractivity contribution in [3.8, 4) is 0 Å². The van der Waals surface area contributed by atoms with Gasteiger partial charge in [0.1, 0.15) is 6.10 Å². The van der Waals surface area contributed by atoms with Crippen LogP contribution in [-0.4, -0.2) is 6.10 Å². The number of hydrogen-bond donors (Lipinski definition) is 0. The molecule has 12 heavy (non-hydrogen) atoms. The molecular weight excluding hydrogens is 148 g/mol. The minimum atomic E-state index is 0.500. The van der Waals surface area contributed by atoms with Crippen molar-refractivity contribution in [3.63, 3.8) is 0 Å². The van der Waals surface area contributed by atoms with E-state index in [1.165, 1.54) is 25.7 Å². The van der Waals surface area contributed by atoms with E-state index in [9.17, 15) is 0 Å². The molecular formula is C11H18O. The molecule has 68 valence electrons. The second-order valence-corrected chi connectivity index (χ2v) is 4.33. The van der Waals surface area contributed by atoms with Gasteiger partial charge in [0.25, 0.3) is 0 Å². The van der Waals surface area contributed by atoms with Crippen LogP contribution in [0.2, 0.25) is 0 Å². The van der Waals surface area contributed by atoms with Gasteiger partial charge in [-0.1, -0.05) is 19.9 Å². The van der Waals surface area contributed by atoms with Gasteiger partial charge in [0, 0.05) is 6.42 Å². The molecule has 0 radical (unpaired) electrons. The van der Waals surface area contributed by atoms with E-state index >= 15 is 0 Å². The Morgan fingerprint density at radius 3 is 3.00 bits per heavy atom. The first-order chi connectivity index (χ1) is 5.77. The fourth-order valence-electron chi connectivity index (χ4n) is 2.61. The van der Waals surface area contributed by atoms with E-state index in [1.807, 2.05) is 0 Å². The smallest absolute Gasteiger partial charge is 0.104 e. The van der Waals surface area contributed by atoms with Crippen LogP contribution in [0.15, 0.2) is 12.3 Å². The minimum Gasteiger partial charge on any atom is -0.495 e. The summed E-state index contributed by atoms with van der Waals surface area (Å²) < 4.78 is 5.81. The molecule has 3 atom stereocenters. The third-order valence-electron chi connectivity index (χ3n) is 3.36. The maximum absolute atomic E-state index is 5.81. The summed E-state index contributed by atoms with van der Waals surface area (Å²) in [5.74, 6) is 2.60. The second kappa shape index (κ2) is 3.12. The summed E-state index contributed by atoms with van der Waals surface area (Å²) in [5, 5.41) is 0. The molecule has 1 aliphatic heterocycles. The molecule has 1 aliphatic carbocycles. The van der Waals surface area contributed by atoms with Gasteiger partial charge in [0.15, 0.2) is 0 Å². The minimum absolute atomic E-state index is 0.500. The zero-order valence-corrected chi connectivity index (χ0v) is 7.88. The molecule has 1 saturated carbocycles. The van der Waals surface area contributed by atoms with Crippen molar-refractivity contribution in [2.45, 2.75) is 45.1 Å². The zero-order chi connectivity index (χ0) is 8.55. The van der Waals surface area contributed by atoms with Crippen molar-refractivity contribution >= 4 is 0 Å². The van der Waals surface area contributed by atoms with Crippen LogP contribution in [0.25, 0.3) is 0 Å². The van der Waals surface area contributed by atoms with E-state index < -0.39 is 0 Å². The predicted molar refractivity (Wildman–Crippen MR) is 49.8 cm³/mol. The molecule has 0 bridgehead atoms. The molecule has 1 heterocycles. The molecule has 0 spiro atoms. The molecule has 0 amide bonds. The summed E-state index contributed by atoms with van der Waals surface area (Å²) >= 11 is 0. The lowest BCUT2D eigenvalue weighted by Gasteiger charge is -2.40. The average molecular weight is 166 g/mol. The van der Waals surface area contributed by atoms with Crippen molar-refractivity contribution in [3.05, 3.63) is 12.3 Å². The number of allylic oxidation sites excluding steroid dienone is 1. The summed E-state index contributed by atoms with van der Waals surface area (Å²) in [7, 11) is 0. The summed E-state index contributed by atoms with van der Waals surface area (Å²) in [6, 6.07) is 0. The Balaban J connectivity index is 2.05. The summed E-state index contributed by atoms with van der Waals surface area (Å²) in [6.45, 7) is 6.23. The first-order valence-corrected chi connectivity index (χ1v) is 5.12. The normalized spacial score (nSPS) is 41.8. The fourth-order valence-corrected chi connectivity index (χ4v) is 2.61. The molecule has 1 heteroatoms. The van der Waals surface area contributed by atoms with Gasteiger partial charge in [-0.2, -0.15) is 0 Å². The van der Waals surface area contributed by atoms with Crippen LogP contribution < -0.4 is 0 Å². The Labute approximate surface area is 74.8 Å². The van der Waals surface area contributed by atoms with E-state index in [0.717, 1.165) is 24.0 Å². The molecule has 0 aromatic heterocycles. The molecule has 3 unspecified atom stereocenters. The van der Waals surface area contributed by atoms with Gasteiger partial charge in [0.2, 0.25) is 0 Å². The largest absolute Gasteiger partial charge is 0.495 e. The number of fused-ring (bicyclic) bond motifs is 1. The summed E-state index contributed by atoms with van der Waals surface area (Å²) in [6.07, 6.45) is 7.02. The van der Waals surface area contributed by atoms with E-state index in [-0.39, 0.29) is 0 Å². The maximum Gasteiger partial charge on any atom is 0.104 e. The van der Waals surface area contributed by atoms with Gasteiger partial charge < -0.3 is 4.74 Å². The van der Waals surface area contributed by atoms with Crippen molar-refractivity contribution in [2.24, 2.45) is 11.8 Å². The highest BCUT2D eigenvalue weighted by atomic mass is 16.5. The lowest BCUT2D eigenvalue weighted by molar-refractivity contribution is -0.0351.